The first-order chi connectivity index (χ1) is 12.8. The molecule has 0 spiro atoms. The normalized spacial score (nSPS) is 14.2. The predicted molar refractivity (Wildman–Crippen MR) is 104 cm³/mol. The number of aromatic amines is 1. The molecular formula is C20H22N4O2. The lowest BCUT2D eigenvalue weighted by Gasteiger charge is -2.10. The van der Waals surface area contributed by atoms with Crippen LogP contribution in [-0.4, -0.2) is 30.7 Å². The van der Waals surface area contributed by atoms with E-state index in [4.69, 9.17) is 15.2 Å². The molecule has 0 radical (unpaired) electrons. The van der Waals surface area contributed by atoms with E-state index < -0.39 is 0 Å². The number of aromatic nitrogens is 1. The maximum Gasteiger partial charge on any atom is 0.193 e. The number of guanidine groups is 1. The first kappa shape index (κ1) is 16.3. The second-order valence-corrected chi connectivity index (χ2v) is 6.21. The second-order valence-electron chi connectivity index (χ2n) is 6.21. The molecule has 0 aliphatic carbocycles. The van der Waals surface area contributed by atoms with Crippen molar-refractivity contribution in [2.45, 2.75) is 12.8 Å². The summed E-state index contributed by atoms with van der Waals surface area (Å²) in [7, 11) is 0. The second kappa shape index (κ2) is 7.39. The molecule has 2 heterocycles. The number of hydrogen-bond acceptors (Lipinski definition) is 3. The van der Waals surface area contributed by atoms with Crippen LogP contribution in [0.5, 0.6) is 11.5 Å². The Labute approximate surface area is 152 Å². The molecule has 0 unspecified atom stereocenters. The molecule has 0 fully saturated rings. The number of H-pyrrole nitrogens is 1. The van der Waals surface area contributed by atoms with Gasteiger partial charge >= 0.3 is 0 Å². The summed E-state index contributed by atoms with van der Waals surface area (Å²) in [5, 5.41) is 4.35. The fourth-order valence-electron chi connectivity index (χ4n) is 3.09. The molecule has 1 aromatic heterocycles. The fraction of sp³-hybridized carbons (Fsp3) is 0.250. The van der Waals surface area contributed by atoms with E-state index >= 15 is 0 Å². The molecule has 1 aliphatic heterocycles. The zero-order chi connectivity index (χ0) is 17.8. The molecule has 1 aliphatic rings. The Morgan fingerprint density at radius 1 is 1.12 bits per heavy atom. The van der Waals surface area contributed by atoms with E-state index in [-0.39, 0.29) is 0 Å². The highest BCUT2D eigenvalue weighted by Crippen LogP contribution is 2.32. The monoisotopic (exact) mass is 350 g/mol. The molecule has 0 bridgehead atoms. The summed E-state index contributed by atoms with van der Waals surface area (Å²) in [6, 6.07) is 14.0. The quantitative estimate of drug-likeness (QED) is 0.498. The lowest BCUT2D eigenvalue weighted by Crippen LogP contribution is -2.23. The van der Waals surface area contributed by atoms with Gasteiger partial charge in [0.1, 0.15) is 0 Å². The highest BCUT2D eigenvalue weighted by Gasteiger charge is 2.10. The van der Waals surface area contributed by atoms with Crippen molar-refractivity contribution in [2.24, 2.45) is 10.7 Å². The zero-order valence-electron chi connectivity index (χ0n) is 14.5. The van der Waals surface area contributed by atoms with Crippen LogP contribution < -0.4 is 20.5 Å². The van der Waals surface area contributed by atoms with Crippen LogP contribution in [0.2, 0.25) is 0 Å². The average Bonchev–Trinajstić information content (AvgIpc) is 3.01. The first-order valence-electron chi connectivity index (χ1n) is 8.81. The SMILES string of the molecule is NC(=NCCc1cccc2[nH]ccc12)Nc1ccc2c(c1)OCCCO2. The van der Waals surface area contributed by atoms with E-state index in [1.807, 2.05) is 24.4 Å². The minimum Gasteiger partial charge on any atom is -0.490 e. The molecule has 0 atom stereocenters. The summed E-state index contributed by atoms with van der Waals surface area (Å²) in [6.45, 7) is 1.95. The number of nitrogens with zero attached hydrogens (tertiary/aromatic N) is 1. The van der Waals surface area contributed by atoms with E-state index in [0.717, 1.165) is 35.5 Å². The van der Waals surface area contributed by atoms with Gasteiger partial charge in [0.2, 0.25) is 0 Å². The highest BCUT2D eigenvalue weighted by molar-refractivity contribution is 5.92. The van der Waals surface area contributed by atoms with Crippen LogP contribution in [0, 0.1) is 0 Å². The van der Waals surface area contributed by atoms with Crippen LogP contribution in [0.4, 0.5) is 5.69 Å². The highest BCUT2D eigenvalue weighted by atomic mass is 16.5. The molecule has 0 saturated carbocycles. The summed E-state index contributed by atoms with van der Waals surface area (Å²) in [4.78, 5) is 7.66. The van der Waals surface area contributed by atoms with Crippen LogP contribution in [0.3, 0.4) is 0 Å². The largest absolute Gasteiger partial charge is 0.490 e. The zero-order valence-corrected chi connectivity index (χ0v) is 14.5. The predicted octanol–water partition coefficient (Wildman–Crippen LogP) is 3.30. The Balaban J connectivity index is 1.39. The standard InChI is InChI=1S/C20H22N4O2/c21-20(23-9-7-14-3-1-4-17-16(14)8-10-22-17)24-15-5-6-18-19(13-15)26-12-2-11-25-18/h1,3-6,8,10,13,22H,2,7,9,11-12H2,(H3,21,23,24). The average molecular weight is 350 g/mol. The Morgan fingerprint density at radius 2 is 2.00 bits per heavy atom. The van der Waals surface area contributed by atoms with Gasteiger partial charge in [-0.25, -0.2) is 0 Å². The minimum atomic E-state index is 0.390. The molecule has 4 rings (SSSR count). The minimum absolute atomic E-state index is 0.390. The van der Waals surface area contributed by atoms with Crippen molar-refractivity contribution in [3.8, 4) is 11.5 Å². The third-order valence-electron chi connectivity index (χ3n) is 4.37. The van der Waals surface area contributed by atoms with Crippen LogP contribution in [0.15, 0.2) is 53.7 Å². The van der Waals surface area contributed by atoms with Crippen molar-refractivity contribution in [1.82, 2.24) is 4.98 Å². The Hall–Kier alpha value is -3.15. The number of fused-ring (bicyclic) bond motifs is 2. The van der Waals surface area contributed by atoms with E-state index in [2.05, 4.69) is 39.6 Å². The van der Waals surface area contributed by atoms with Crippen molar-refractivity contribution in [3.63, 3.8) is 0 Å². The lowest BCUT2D eigenvalue weighted by molar-refractivity contribution is 0.297. The smallest absolute Gasteiger partial charge is 0.193 e. The van der Waals surface area contributed by atoms with E-state index in [1.165, 1.54) is 10.9 Å². The van der Waals surface area contributed by atoms with Gasteiger partial charge in [-0.3, -0.25) is 4.99 Å². The molecule has 6 nitrogen and oxygen atoms in total. The number of benzene rings is 2. The van der Waals surface area contributed by atoms with Gasteiger partial charge in [-0.15, -0.1) is 0 Å². The number of ether oxygens (including phenoxy) is 2. The van der Waals surface area contributed by atoms with Crippen molar-refractivity contribution in [2.75, 3.05) is 25.1 Å². The van der Waals surface area contributed by atoms with Crippen LogP contribution >= 0.6 is 0 Å². The number of nitrogens with one attached hydrogen (secondary N) is 2. The Kier molecular flexibility index (Phi) is 4.64. The van der Waals surface area contributed by atoms with E-state index in [9.17, 15) is 0 Å². The number of nitrogens with two attached hydrogens (primary N) is 1. The fourth-order valence-corrected chi connectivity index (χ4v) is 3.09. The topological polar surface area (TPSA) is 84.7 Å². The summed E-state index contributed by atoms with van der Waals surface area (Å²) < 4.78 is 11.3. The van der Waals surface area contributed by atoms with Gasteiger partial charge in [-0.05, 0) is 36.2 Å². The Bertz CT molecular complexity index is 932. The summed E-state index contributed by atoms with van der Waals surface area (Å²) in [6.07, 6.45) is 3.67. The molecule has 3 aromatic rings. The van der Waals surface area contributed by atoms with Crippen LogP contribution in [0.25, 0.3) is 10.9 Å². The lowest BCUT2D eigenvalue weighted by atomic mass is 10.1. The van der Waals surface area contributed by atoms with Crippen molar-refractivity contribution in [3.05, 3.63) is 54.2 Å². The molecule has 4 N–H and O–H groups in total. The van der Waals surface area contributed by atoms with Gasteiger partial charge in [0.15, 0.2) is 17.5 Å². The number of rotatable bonds is 4. The van der Waals surface area contributed by atoms with Gasteiger partial charge < -0.3 is 25.5 Å². The third-order valence-corrected chi connectivity index (χ3v) is 4.37. The van der Waals surface area contributed by atoms with E-state index in [0.29, 0.717) is 25.7 Å². The van der Waals surface area contributed by atoms with Gasteiger partial charge in [0, 0.05) is 41.8 Å². The van der Waals surface area contributed by atoms with Gasteiger partial charge in [0.25, 0.3) is 0 Å². The number of aliphatic imine (C=N–C) groups is 1. The first-order valence-corrected chi connectivity index (χ1v) is 8.81. The van der Waals surface area contributed by atoms with Crippen LogP contribution in [0.1, 0.15) is 12.0 Å². The summed E-state index contributed by atoms with van der Waals surface area (Å²) in [5.41, 5.74) is 9.27. The van der Waals surface area contributed by atoms with Gasteiger partial charge in [-0.2, -0.15) is 0 Å². The molecule has 0 amide bonds. The molecular weight excluding hydrogens is 328 g/mol. The Morgan fingerprint density at radius 3 is 2.92 bits per heavy atom. The van der Waals surface area contributed by atoms with Crippen LogP contribution in [-0.2, 0) is 6.42 Å². The number of anilines is 1. The maximum atomic E-state index is 6.03. The molecule has 134 valence electrons. The third kappa shape index (κ3) is 3.59. The van der Waals surface area contributed by atoms with Gasteiger partial charge in [0.05, 0.1) is 13.2 Å². The van der Waals surface area contributed by atoms with Crippen molar-refractivity contribution in [1.29, 1.82) is 0 Å². The summed E-state index contributed by atoms with van der Waals surface area (Å²) >= 11 is 0. The van der Waals surface area contributed by atoms with Crippen molar-refractivity contribution < 1.29 is 9.47 Å². The van der Waals surface area contributed by atoms with Crippen molar-refractivity contribution >= 4 is 22.5 Å². The molecule has 0 saturated heterocycles. The maximum absolute atomic E-state index is 6.03. The molecule has 26 heavy (non-hydrogen) atoms. The van der Waals surface area contributed by atoms with Gasteiger partial charge in [-0.1, -0.05) is 12.1 Å². The molecule has 6 heteroatoms. The summed E-state index contributed by atoms with van der Waals surface area (Å²) in [5.74, 6) is 1.89. The van der Waals surface area contributed by atoms with E-state index in [1.54, 1.807) is 0 Å². The number of hydrogen-bond donors (Lipinski definition) is 3. The molecule has 2 aromatic carbocycles.